The summed E-state index contributed by atoms with van der Waals surface area (Å²) < 4.78 is 30.5. The molecular weight excluding hydrogens is 612 g/mol. The third-order valence-electron chi connectivity index (χ3n) is 8.18. The lowest BCUT2D eigenvalue weighted by Gasteiger charge is -2.31. The number of benzene rings is 3. The summed E-state index contributed by atoms with van der Waals surface area (Å²) in [5.41, 5.74) is 3.12. The number of hydrogen-bond acceptors (Lipinski definition) is 6. The molecule has 0 radical (unpaired) electrons. The van der Waals surface area contributed by atoms with Crippen LogP contribution < -0.4 is 14.9 Å². The summed E-state index contributed by atoms with van der Waals surface area (Å²) in [5, 5.41) is 25.7. The van der Waals surface area contributed by atoms with Crippen molar-refractivity contribution in [3.63, 3.8) is 0 Å². The smallest absolute Gasteiger partial charge is 0.326 e. The van der Waals surface area contributed by atoms with Gasteiger partial charge in [0, 0.05) is 42.8 Å². The number of aromatic nitrogens is 1. The van der Waals surface area contributed by atoms with Crippen LogP contribution in [0, 0.1) is 6.92 Å². The molecule has 1 aliphatic rings. The number of nitrogens with one attached hydrogen (secondary N) is 3. The van der Waals surface area contributed by atoms with Gasteiger partial charge < -0.3 is 25.8 Å². The lowest BCUT2D eigenvalue weighted by Crippen LogP contribution is -2.43. The molecule has 1 aliphatic heterocycles. The molecule has 5 rings (SSSR count). The Labute approximate surface area is 265 Å². The molecule has 0 bridgehead atoms. The van der Waals surface area contributed by atoms with Gasteiger partial charge in [-0.15, -0.1) is 0 Å². The first-order chi connectivity index (χ1) is 21.8. The van der Waals surface area contributed by atoms with Gasteiger partial charge in [0.15, 0.2) is 0 Å². The summed E-state index contributed by atoms with van der Waals surface area (Å²) in [6, 6.07) is 16.4. The number of sulfonamides is 1. The first-order valence-electron chi connectivity index (χ1n) is 14.6. The fraction of sp³-hybridized carbons (Fsp3) is 0.273. The Morgan fingerprint density at radius 1 is 0.848 bits per heavy atom. The quantitative estimate of drug-likeness (QED) is 0.163. The van der Waals surface area contributed by atoms with Gasteiger partial charge in [0.25, 0.3) is 10.0 Å². The van der Waals surface area contributed by atoms with Crippen molar-refractivity contribution in [1.29, 1.82) is 0 Å². The number of carboxylic acid groups (broad SMARTS) is 2. The molecule has 0 aliphatic carbocycles. The topological polar surface area (TPSA) is 186 Å². The van der Waals surface area contributed by atoms with Crippen LogP contribution in [-0.2, 0) is 35.6 Å². The van der Waals surface area contributed by atoms with Crippen LogP contribution >= 0.6 is 0 Å². The van der Waals surface area contributed by atoms with E-state index in [1.807, 2.05) is 6.92 Å². The number of hydrogen-bond donors (Lipinski definition) is 5. The van der Waals surface area contributed by atoms with E-state index >= 15 is 0 Å². The van der Waals surface area contributed by atoms with Crippen molar-refractivity contribution in [3.05, 3.63) is 95.2 Å². The third kappa shape index (κ3) is 6.18. The Morgan fingerprint density at radius 2 is 1.43 bits per heavy atom. The van der Waals surface area contributed by atoms with Crippen molar-refractivity contribution < 1.29 is 37.8 Å². The summed E-state index contributed by atoms with van der Waals surface area (Å²) in [6.45, 7) is 4.24. The van der Waals surface area contributed by atoms with Gasteiger partial charge in [-0.3, -0.25) is 13.9 Å². The number of rotatable bonds is 11. The SMILES string of the molecule is CC(=O)N[C@@H](Cc1c([C@H]2[C@H](C[C@H](NC(C)=O)C(=O)O)c3ccccc3N2S(=O)(=O)c2ccc(C)cc2)[nH]c2ccccc12)C(=O)O. The Kier molecular flexibility index (Phi) is 8.88. The molecule has 0 spiro atoms. The number of para-hydroxylation sites is 2. The van der Waals surface area contributed by atoms with E-state index in [2.05, 4.69) is 15.6 Å². The minimum absolute atomic E-state index is 0.00881. The molecule has 12 nitrogen and oxygen atoms in total. The average molecular weight is 647 g/mol. The Balaban J connectivity index is 1.79. The Hall–Kier alpha value is -5.17. The zero-order valence-corrected chi connectivity index (χ0v) is 26.2. The van der Waals surface area contributed by atoms with Gasteiger partial charge in [-0.25, -0.2) is 18.0 Å². The number of aryl methyl sites for hydroxylation is 1. The second kappa shape index (κ2) is 12.7. The number of amides is 2. The van der Waals surface area contributed by atoms with E-state index in [4.69, 9.17) is 0 Å². The van der Waals surface area contributed by atoms with E-state index in [0.717, 1.165) is 5.56 Å². The molecule has 13 heteroatoms. The third-order valence-corrected chi connectivity index (χ3v) is 9.99. The Morgan fingerprint density at radius 3 is 2.07 bits per heavy atom. The van der Waals surface area contributed by atoms with E-state index in [1.54, 1.807) is 60.7 Å². The number of fused-ring (bicyclic) bond motifs is 2. The molecule has 0 saturated heterocycles. The Bertz CT molecular complexity index is 1940. The molecule has 1 aromatic heterocycles. The van der Waals surface area contributed by atoms with E-state index < -0.39 is 57.8 Å². The maximum Gasteiger partial charge on any atom is 0.326 e. The van der Waals surface area contributed by atoms with Crippen molar-refractivity contribution in [1.82, 2.24) is 15.6 Å². The second-order valence-corrected chi connectivity index (χ2v) is 13.2. The predicted molar refractivity (Wildman–Crippen MR) is 170 cm³/mol. The number of aromatic amines is 1. The fourth-order valence-electron chi connectivity index (χ4n) is 6.23. The minimum atomic E-state index is -4.30. The lowest BCUT2D eigenvalue weighted by molar-refractivity contribution is -0.142. The van der Waals surface area contributed by atoms with Gasteiger partial charge in [-0.2, -0.15) is 0 Å². The molecule has 2 heterocycles. The van der Waals surface area contributed by atoms with Crippen molar-refractivity contribution in [2.45, 2.75) is 62.6 Å². The lowest BCUT2D eigenvalue weighted by atomic mass is 9.85. The van der Waals surface area contributed by atoms with Gasteiger partial charge in [0.2, 0.25) is 11.8 Å². The monoisotopic (exact) mass is 646 g/mol. The molecule has 0 saturated carbocycles. The number of carbonyl (C=O) groups excluding carboxylic acids is 2. The zero-order chi connectivity index (χ0) is 33.3. The summed E-state index contributed by atoms with van der Waals surface area (Å²) in [5.74, 6) is -4.49. The standard InChI is InChI=1S/C33H34N4O8S/c1-18-12-14-21(15-13-18)46(44,45)37-29-11-7-5-9-23(29)25(17-28(33(42)43)35-20(3)39)31(37)30-24(16-27(32(40)41)34-19(2)38)22-8-4-6-10-26(22)36-30/h4-15,25,27-28,31,36H,16-17H2,1-3H3,(H,34,38)(H,35,39)(H,40,41)(H,42,43)/t25-,27+,28+,31-/m1/s1. The highest BCUT2D eigenvalue weighted by molar-refractivity contribution is 7.92. The van der Waals surface area contributed by atoms with E-state index in [9.17, 15) is 37.8 Å². The van der Waals surface area contributed by atoms with Crippen LogP contribution in [0.4, 0.5) is 5.69 Å². The molecule has 240 valence electrons. The van der Waals surface area contributed by atoms with Crippen LogP contribution in [0.3, 0.4) is 0 Å². The molecular formula is C33H34N4O8S. The van der Waals surface area contributed by atoms with Crippen molar-refractivity contribution in [2.75, 3.05) is 4.31 Å². The van der Waals surface area contributed by atoms with Gasteiger partial charge in [-0.05, 0) is 48.7 Å². The number of carboxylic acids is 2. The summed E-state index contributed by atoms with van der Waals surface area (Å²) in [6.07, 6.45) is -0.375. The second-order valence-electron chi connectivity index (χ2n) is 11.4. The van der Waals surface area contributed by atoms with Crippen LogP contribution in [-0.4, -0.2) is 59.5 Å². The van der Waals surface area contributed by atoms with E-state index in [-0.39, 0.29) is 17.7 Å². The number of nitrogens with zero attached hydrogens (tertiary/aromatic N) is 1. The van der Waals surface area contributed by atoms with Crippen LogP contribution in [0.2, 0.25) is 0 Å². The number of anilines is 1. The van der Waals surface area contributed by atoms with Crippen molar-refractivity contribution >= 4 is 50.4 Å². The van der Waals surface area contributed by atoms with Gasteiger partial charge in [-0.1, -0.05) is 54.1 Å². The molecule has 3 aromatic carbocycles. The van der Waals surface area contributed by atoms with Crippen LogP contribution in [0.5, 0.6) is 0 Å². The highest BCUT2D eigenvalue weighted by atomic mass is 32.2. The first kappa shape index (κ1) is 32.2. The van der Waals surface area contributed by atoms with E-state index in [1.165, 1.54) is 30.3 Å². The molecule has 4 atom stereocenters. The fourth-order valence-corrected chi connectivity index (χ4v) is 7.91. The zero-order valence-electron chi connectivity index (χ0n) is 25.4. The van der Waals surface area contributed by atoms with Crippen LogP contribution in [0.25, 0.3) is 10.9 Å². The first-order valence-corrected chi connectivity index (χ1v) is 16.0. The minimum Gasteiger partial charge on any atom is -0.480 e. The summed E-state index contributed by atoms with van der Waals surface area (Å²) in [4.78, 5) is 52.0. The summed E-state index contributed by atoms with van der Waals surface area (Å²) in [7, 11) is -4.30. The number of aliphatic carboxylic acids is 2. The molecule has 5 N–H and O–H groups in total. The van der Waals surface area contributed by atoms with Gasteiger partial charge in [0.1, 0.15) is 12.1 Å². The molecule has 46 heavy (non-hydrogen) atoms. The molecule has 2 amide bonds. The van der Waals surface area contributed by atoms with Crippen molar-refractivity contribution in [3.8, 4) is 0 Å². The van der Waals surface area contributed by atoms with Gasteiger partial charge in [0.05, 0.1) is 16.6 Å². The van der Waals surface area contributed by atoms with Gasteiger partial charge >= 0.3 is 11.9 Å². The average Bonchev–Trinajstić information content (AvgIpc) is 3.52. The van der Waals surface area contributed by atoms with Crippen LogP contribution in [0.1, 0.15) is 54.6 Å². The highest BCUT2D eigenvalue weighted by Gasteiger charge is 2.48. The number of carbonyl (C=O) groups is 4. The normalized spacial score (nSPS) is 17.2. The molecule has 0 fully saturated rings. The largest absolute Gasteiger partial charge is 0.480 e. The molecule has 0 unspecified atom stereocenters. The summed E-state index contributed by atoms with van der Waals surface area (Å²) >= 11 is 0. The van der Waals surface area contributed by atoms with Crippen molar-refractivity contribution in [2.24, 2.45) is 0 Å². The maximum absolute atomic E-state index is 14.6. The van der Waals surface area contributed by atoms with E-state index in [0.29, 0.717) is 33.4 Å². The number of H-pyrrole nitrogens is 1. The predicted octanol–water partition coefficient (Wildman–Crippen LogP) is 3.62. The highest BCUT2D eigenvalue weighted by Crippen LogP contribution is 2.54. The molecule has 4 aromatic rings. The maximum atomic E-state index is 14.6. The van der Waals surface area contributed by atoms with Crippen LogP contribution in [0.15, 0.2) is 77.7 Å².